The summed E-state index contributed by atoms with van der Waals surface area (Å²) in [5, 5.41) is 3.87. The summed E-state index contributed by atoms with van der Waals surface area (Å²) >= 11 is 1.52. The summed E-state index contributed by atoms with van der Waals surface area (Å²) < 4.78 is 68.4. The lowest BCUT2D eigenvalue weighted by Crippen LogP contribution is -2.32. The lowest BCUT2D eigenvalue weighted by atomic mass is 10.0. The topological polar surface area (TPSA) is 55.4 Å². The number of halogens is 3. The summed E-state index contributed by atoms with van der Waals surface area (Å²) in [5.74, 6) is -0.738. The second-order valence-corrected chi connectivity index (χ2v) is 8.13. The fraction of sp³-hybridized carbons (Fsp3) is 0.333. The van der Waals surface area contributed by atoms with Gasteiger partial charge >= 0.3 is 6.36 Å². The van der Waals surface area contributed by atoms with Crippen molar-refractivity contribution in [2.24, 2.45) is 0 Å². The summed E-state index contributed by atoms with van der Waals surface area (Å²) in [5.41, 5.74) is 0.794. The van der Waals surface area contributed by atoms with E-state index >= 15 is 0 Å². The Morgan fingerprint density at radius 3 is 2.50 bits per heavy atom. The molecule has 1 saturated carbocycles. The van der Waals surface area contributed by atoms with Gasteiger partial charge in [-0.15, -0.1) is 13.2 Å². The van der Waals surface area contributed by atoms with Crippen molar-refractivity contribution in [1.82, 2.24) is 4.72 Å². The molecule has 0 spiro atoms. The highest BCUT2D eigenvalue weighted by Gasteiger charge is 2.45. The minimum absolute atomic E-state index is 0.145. The minimum Gasteiger partial charge on any atom is -0.404 e. The van der Waals surface area contributed by atoms with Gasteiger partial charge in [0, 0.05) is 12.0 Å². The maximum absolute atomic E-state index is 12.4. The van der Waals surface area contributed by atoms with Gasteiger partial charge in [-0.1, -0.05) is 12.1 Å². The van der Waals surface area contributed by atoms with Gasteiger partial charge in [-0.2, -0.15) is 11.3 Å². The Hall–Kier alpha value is -1.58. The van der Waals surface area contributed by atoms with Gasteiger partial charge in [0.25, 0.3) is 0 Å². The maximum Gasteiger partial charge on any atom is 0.573 e. The second kappa shape index (κ2) is 6.05. The molecule has 1 aliphatic carbocycles. The van der Waals surface area contributed by atoms with Crippen LogP contribution >= 0.6 is 11.3 Å². The number of benzene rings is 1. The highest BCUT2D eigenvalue weighted by atomic mass is 32.2. The average Bonchev–Trinajstić information content (AvgIpc) is 3.08. The van der Waals surface area contributed by atoms with Gasteiger partial charge in [-0.3, -0.25) is 0 Å². The Morgan fingerprint density at radius 2 is 1.92 bits per heavy atom. The smallest absolute Gasteiger partial charge is 0.404 e. The standard InChI is InChI=1S/C15H14F3NO3S2/c16-15(17,18)22-12-3-1-2-4-13(12)24(20,21)19-10-14(6-7-14)11-5-8-23-9-11/h1-5,8-9,19H,6-7,10H2. The highest BCUT2D eigenvalue weighted by Crippen LogP contribution is 2.48. The van der Waals surface area contributed by atoms with Gasteiger partial charge in [0.05, 0.1) is 0 Å². The minimum atomic E-state index is -4.96. The number of nitrogens with one attached hydrogen (secondary N) is 1. The largest absolute Gasteiger partial charge is 0.573 e. The first kappa shape index (κ1) is 17.2. The molecule has 1 aromatic heterocycles. The molecule has 130 valence electrons. The summed E-state index contributed by atoms with van der Waals surface area (Å²) in [6.07, 6.45) is -3.28. The molecular formula is C15H14F3NO3S2. The first-order chi connectivity index (χ1) is 11.2. The van der Waals surface area contributed by atoms with Gasteiger partial charge in [0.1, 0.15) is 10.6 Å². The van der Waals surface area contributed by atoms with Gasteiger partial charge < -0.3 is 4.74 Å². The molecular weight excluding hydrogens is 363 g/mol. The molecule has 1 aromatic carbocycles. The van der Waals surface area contributed by atoms with E-state index in [1.54, 1.807) is 0 Å². The van der Waals surface area contributed by atoms with Crippen molar-refractivity contribution in [3.63, 3.8) is 0 Å². The van der Waals surface area contributed by atoms with E-state index in [1.165, 1.54) is 23.5 Å². The number of ether oxygens (including phenoxy) is 1. The van der Waals surface area contributed by atoms with E-state index in [4.69, 9.17) is 0 Å². The van der Waals surface area contributed by atoms with Crippen LogP contribution in [0.5, 0.6) is 5.75 Å². The van der Waals surface area contributed by atoms with E-state index in [9.17, 15) is 21.6 Å². The number of hydrogen-bond acceptors (Lipinski definition) is 4. The first-order valence-electron chi connectivity index (χ1n) is 7.09. The van der Waals surface area contributed by atoms with Crippen molar-refractivity contribution in [3.8, 4) is 5.75 Å². The Bertz CT molecular complexity index is 813. The molecule has 0 radical (unpaired) electrons. The molecule has 1 N–H and O–H groups in total. The molecule has 1 heterocycles. The number of hydrogen-bond donors (Lipinski definition) is 1. The molecule has 1 aliphatic rings. The van der Waals surface area contributed by atoms with E-state index < -0.39 is 27.0 Å². The molecule has 4 nitrogen and oxygen atoms in total. The maximum atomic E-state index is 12.4. The monoisotopic (exact) mass is 377 g/mol. The number of rotatable bonds is 6. The van der Waals surface area contributed by atoms with Gasteiger partial charge in [0.15, 0.2) is 0 Å². The van der Waals surface area contributed by atoms with Gasteiger partial charge in [-0.05, 0) is 47.4 Å². The van der Waals surface area contributed by atoms with Crippen molar-refractivity contribution in [2.75, 3.05) is 6.54 Å². The SMILES string of the molecule is O=S(=O)(NCC1(c2ccsc2)CC1)c1ccccc1OC(F)(F)F. The third-order valence-corrected chi connectivity index (χ3v) is 6.08. The molecule has 2 aromatic rings. The fourth-order valence-electron chi connectivity index (χ4n) is 2.48. The van der Waals surface area contributed by atoms with E-state index in [1.807, 2.05) is 16.8 Å². The van der Waals surface area contributed by atoms with Crippen molar-refractivity contribution in [2.45, 2.75) is 29.5 Å². The normalized spacial score (nSPS) is 16.8. The zero-order valence-corrected chi connectivity index (χ0v) is 14.0. The van der Waals surface area contributed by atoms with E-state index in [-0.39, 0.29) is 12.0 Å². The Labute approximate surface area is 141 Å². The van der Waals surface area contributed by atoms with Crippen LogP contribution in [0.2, 0.25) is 0 Å². The first-order valence-corrected chi connectivity index (χ1v) is 9.52. The van der Waals surface area contributed by atoms with Crippen LogP contribution in [0.25, 0.3) is 0 Å². The van der Waals surface area contributed by atoms with Crippen LogP contribution in [0.4, 0.5) is 13.2 Å². The zero-order valence-electron chi connectivity index (χ0n) is 12.3. The van der Waals surface area contributed by atoms with Crippen LogP contribution in [0, 0.1) is 0 Å². The third-order valence-electron chi connectivity index (χ3n) is 3.95. The quantitative estimate of drug-likeness (QED) is 0.836. The number of thiophene rings is 1. The summed E-state index contributed by atoms with van der Waals surface area (Å²) in [6, 6.07) is 6.64. The molecule has 0 unspecified atom stereocenters. The summed E-state index contributed by atoms with van der Waals surface area (Å²) in [4.78, 5) is -0.525. The molecule has 9 heteroatoms. The zero-order chi connectivity index (χ0) is 17.4. The Kier molecular flexibility index (Phi) is 4.35. The van der Waals surface area contributed by atoms with Crippen molar-refractivity contribution in [3.05, 3.63) is 46.7 Å². The van der Waals surface area contributed by atoms with Crippen LogP contribution in [-0.2, 0) is 15.4 Å². The van der Waals surface area contributed by atoms with Crippen LogP contribution in [0.15, 0.2) is 46.0 Å². The van der Waals surface area contributed by atoms with E-state index in [0.717, 1.165) is 30.5 Å². The lowest BCUT2D eigenvalue weighted by molar-refractivity contribution is -0.275. The molecule has 0 atom stereocenters. The number of para-hydroxylation sites is 1. The third kappa shape index (κ3) is 3.73. The predicted octanol–water partition coefficient (Wildman–Crippen LogP) is 3.66. The summed E-state index contributed by atoms with van der Waals surface area (Å²) in [6.45, 7) is 0.145. The van der Waals surface area contributed by atoms with Crippen molar-refractivity contribution in [1.29, 1.82) is 0 Å². The van der Waals surface area contributed by atoms with E-state index in [2.05, 4.69) is 9.46 Å². The van der Waals surface area contributed by atoms with Crippen molar-refractivity contribution >= 4 is 21.4 Å². The van der Waals surface area contributed by atoms with Crippen LogP contribution in [-0.4, -0.2) is 21.3 Å². The molecule has 0 amide bonds. The van der Waals surface area contributed by atoms with Gasteiger partial charge in [-0.25, -0.2) is 13.1 Å². The summed E-state index contributed by atoms with van der Waals surface area (Å²) in [7, 11) is -4.12. The second-order valence-electron chi connectivity index (χ2n) is 5.61. The molecule has 0 saturated heterocycles. The van der Waals surface area contributed by atoms with Crippen LogP contribution < -0.4 is 9.46 Å². The average molecular weight is 377 g/mol. The van der Waals surface area contributed by atoms with Crippen LogP contribution in [0.1, 0.15) is 18.4 Å². The van der Waals surface area contributed by atoms with Crippen LogP contribution in [0.3, 0.4) is 0 Å². The van der Waals surface area contributed by atoms with Gasteiger partial charge in [0.2, 0.25) is 10.0 Å². The lowest BCUT2D eigenvalue weighted by Gasteiger charge is -2.17. The molecule has 0 bridgehead atoms. The number of alkyl halides is 3. The number of sulfonamides is 1. The fourth-order valence-corrected chi connectivity index (χ4v) is 4.51. The van der Waals surface area contributed by atoms with E-state index in [0.29, 0.717) is 0 Å². The molecule has 1 fully saturated rings. The molecule has 24 heavy (non-hydrogen) atoms. The predicted molar refractivity (Wildman–Crippen MR) is 83.5 cm³/mol. The molecule has 0 aliphatic heterocycles. The Balaban J connectivity index is 1.79. The van der Waals surface area contributed by atoms with Crippen molar-refractivity contribution < 1.29 is 26.3 Å². The highest BCUT2D eigenvalue weighted by molar-refractivity contribution is 7.89. The Morgan fingerprint density at radius 1 is 1.21 bits per heavy atom. The molecule has 3 rings (SSSR count).